The number of hydrogen-bond donors (Lipinski definition) is 0. The number of rotatable bonds is 5. The van der Waals surface area contributed by atoms with Gasteiger partial charge >= 0.3 is 7.12 Å². The molecule has 6 aromatic rings. The van der Waals surface area contributed by atoms with Gasteiger partial charge in [-0.05, 0) is 61.1 Å². The Kier molecular flexibility index (Phi) is 6.68. The lowest BCUT2D eigenvalue weighted by Gasteiger charge is -2.32. The average molecular weight is 561 g/mol. The number of hydrogen-bond acceptors (Lipinski definition) is 5. The van der Waals surface area contributed by atoms with Crippen molar-refractivity contribution in [1.29, 1.82) is 0 Å². The Morgan fingerprint density at radius 3 is 1.60 bits per heavy atom. The van der Waals surface area contributed by atoms with Crippen LogP contribution in [0.15, 0.2) is 121 Å². The van der Waals surface area contributed by atoms with Gasteiger partial charge in [0.05, 0.1) is 11.2 Å². The summed E-state index contributed by atoms with van der Waals surface area (Å²) in [5.74, 6) is 1.87. The minimum absolute atomic E-state index is 0.442. The maximum Gasteiger partial charge on any atom is 0.494 e. The Morgan fingerprint density at radius 2 is 1.00 bits per heavy atom. The molecule has 1 saturated heterocycles. The molecule has 0 amide bonds. The van der Waals surface area contributed by atoms with E-state index in [1.807, 2.05) is 60.7 Å². The summed E-state index contributed by atoms with van der Waals surface area (Å²) in [4.78, 5) is 15.0. The van der Waals surface area contributed by atoms with Gasteiger partial charge in [0, 0.05) is 16.7 Å². The average Bonchev–Trinajstić information content (AvgIpc) is 3.27. The van der Waals surface area contributed by atoms with Crippen LogP contribution >= 0.6 is 0 Å². The highest BCUT2D eigenvalue weighted by Crippen LogP contribution is 2.38. The van der Waals surface area contributed by atoms with Gasteiger partial charge in [0.2, 0.25) is 0 Å². The van der Waals surface area contributed by atoms with E-state index in [0.717, 1.165) is 38.7 Å². The molecular formula is C37H32BN3O2. The van der Waals surface area contributed by atoms with Gasteiger partial charge in [0.1, 0.15) is 0 Å². The van der Waals surface area contributed by atoms with Gasteiger partial charge in [-0.25, -0.2) is 15.0 Å². The molecule has 0 N–H and O–H groups in total. The predicted molar refractivity (Wildman–Crippen MR) is 175 cm³/mol. The lowest BCUT2D eigenvalue weighted by molar-refractivity contribution is 0.00578. The molecule has 6 heteroatoms. The van der Waals surface area contributed by atoms with Crippen LogP contribution in [0.5, 0.6) is 0 Å². The molecule has 5 nitrogen and oxygen atoms in total. The zero-order chi connectivity index (χ0) is 29.6. The molecule has 210 valence electrons. The van der Waals surface area contributed by atoms with Crippen molar-refractivity contribution < 1.29 is 9.31 Å². The fraction of sp³-hybridized carbons (Fsp3) is 0.162. The first-order chi connectivity index (χ1) is 20.8. The normalized spacial score (nSPS) is 15.6. The summed E-state index contributed by atoms with van der Waals surface area (Å²) >= 11 is 0. The molecule has 5 aromatic carbocycles. The molecule has 0 unspecified atom stereocenters. The Balaban J connectivity index is 1.44. The minimum atomic E-state index is -0.489. The molecule has 0 saturated carbocycles. The molecule has 7 rings (SSSR count). The number of fused-ring (bicyclic) bond motifs is 1. The molecule has 1 aromatic heterocycles. The zero-order valence-electron chi connectivity index (χ0n) is 24.8. The fourth-order valence-corrected chi connectivity index (χ4v) is 5.41. The summed E-state index contributed by atoms with van der Waals surface area (Å²) in [6, 6.07) is 41.4. The van der Waals surface area contributed by atoms with Gasteiger partial charge in [-0.1, -0.05) is 115 Å². The van der Waals surface area contributed by atoms with Gasteiger partial charge < -0.3 is 9.31 Å². The van der Waals surface area contributed by atoms with Crippen LogP contribution in [-0.2, 0) is 9.31 Å². The van der Waals surface area contributed by atoms with E-state index in [2.05, 4.69) is 88.4 Å². The van der Waals surface area contributed by atoms with E-state index < -0.39 is 18.3 Å². The SMILES string of the molecule is CC1(C)OB(c2ccc(-c3nc(-c4ccccc4)nc(-c4ccccc4)n3)c(-c3ccc4ccccc4c3)c2)OC1(C)C. The van der Waals surface area contributed by atoms with E-state index in [1.54, 1.807) is 0 Å². The highest BCUT2D eigenvalue weighted by Gasteiger charge is 2.51. The molecule has 43 heavy (non-hydrogen) atoms. The second kappa shape index (κ2) is 10.6. The molecular weight excluding hydrogens is 529 g/mol. The van der Waals surface area contributed by atoms with Gasteiger partial charge in [-0.3, -0.25) is 0 Å². The monoisotopic (exact) mass is 561 g/mol. The molecule has 2 heterocycles. The third-order valence-corrected chi connectivity index (χ3v) is 8.57. The highest BCUT2D eigenvalue weighted by molar-refractivity contribution is 6.62. The van der Waals surface area contributed by atoms with Crippen LogP contribution in [0.4, 0.5) is 0 Å². The van der Waals surface area contributed by atoms with E-state index in [1.165, 1.54) is 5.39 Å². The van der Waals surface area contributed by atoms with Crippen LogP contribution < -0.4 is 5.46 Å². The Morgan fingerprint density at radius 1 is 0.465 bits per heavy atom. The molecule has 1 aliphatic heterocycles. The summed E-state index contributed by atoms with van der Waals surface area (Å²) in [7, 11) is -0.489. The van der Waals surface area contributed by atoms with Crippen molar-refractivity contribution in [2.75, 3.05) is 0 Å². The minimum Gasteiger partial charge on any atom is -0.399 e. The van der Waals surface area contributed by atoms with Crippen LogP contribution in [-0.4, -0.2) is 33.3 Å². The van der Waals surface area contributed by atoms with Crippen molar-refractivity contribution >= 4 is 23.4 Å². The van der Waals surface area contributed by atoms with E-state index in [0.29, 0.717) is 17.5 Å². The zero-order valence-corrected chi connectivity index (χ0v) is 24.8. The lowest BCUT2D eigenvalue weighted by Crippen LogP contribution is -2.41. The van der Waals surface area contributed by atoms with Crippen LogP contribution in [0, 0.1) is 0 Å². The highest BCUT2D eigenvalue weighted by atomic mass is 16.7. The van der Waals surface area contributed by atoms with E-state index in [4.69, 9.17) is 24.3 Å². The van der Waals surface area contributed by atoms with Crippen molar-refractivity contribution in [2.45, 2.75) is 38.9 Å². The van der Waals surface area contributed by atoms with Crippen molar-refractivity contribution in [3.05, 3.63) is 121 Å². The number of aromatic nitrogens is 3. The molecule has 0 spiro atoms. The molecule has 0 radical (unpaired) electrons. The molecule has 1 aliphatic rings. The molecule has 1 fully saturated rings. The molecule has 0 bridgehead atoms. The summed E-state index contributed by atoms with van der Waals surface area (Å²) in [5, 5.41) is 2.35. The maximum atomic E-state index is 6.45. The fourth-order valence-electron chi connectivity index (χ4n) is 5.41. The smallest absolute Gasteiger partial charge is 0.399 e. The third kappa shape index (κ3) is 5.14. The second-order valence-electron chi connectivity index (χ2n) is 12.0. The summed E-state index contributed by atoms with van der Waals surface area (Å²) in [6.45, 7) is 8.30. The van der Waals surface area contributed by atoms with Gasteiger partial charge in [0.25, 0.3) is 0 Å². The summed E-state index contributed by atoms with van der Waals surface area (Å²) in [5.41, 5.74) is 4.91. The van der Waals surface area contributed by atoms with Gasteiger partial charge in [0.15, 0.2) is 17.5 Å². The Bertz CT molecular complexity index is 1870. The predicted octanol–water partition coefficient (Wildman–Crippen LogP) is 7.99. The van der Waals surface area contributed by atoms with Crippen molar-refractivity contribution in [1.82, 2.24) is 15.0 Å². The largest absolute Gasteiger partial charge is 0.494 e. The first-order valence-corrected chi connectivity index (χ1v) is 14.6. The maximum absolute atomic E-state index is 6.45. The summed E-state index contributed by atoms with van der Waals surface area (Å²) < 4.78 is 12.9. The van der Waals surface area contributed by atoms with Gasteiger partial charge in [-0.2, -0.15) is 0 Å². The number of nitrogens with zero attached hydrogens (tertiary/aromatic N) is 3. The van der Waals surface area contributed by atoms with E-state index >= 15 is 0 Å². The van der Waals surface area contributed by atoms with Crippen molar-refractivity contribution in [3.63, 3.8) is 0 Å². The third-order valence-electron chi connectivity index (χ3n) is 8.57. The van der Waals surface area contributed by atoms with Crippen LogP contribution in [0.1, 0.15) is 27.7 Å². The van der Waals surface area contributed by atoms with Gasteiger partial charge in [-0.15, -0.1) is 0 Å². The lowest BCUT2D eigenvalue weighted by atomic mass is 9.77. The number of benzene rings is 5. The van der Waals surface area contributed by atoms with Crippen LogP contribution in [0.2, 0.25) is 0 Å². The topological polar surface area (TPSA) is 57.1 Å². The Hall–Kier alpha value is -4.65. The standard InChI is InChI=1S/C37H32BN3O2/c1-36(2)37(3,4)43-38(42-36)30-21-22-31(32(24-30)29-20-19-25-13-11-12-18-28(25)23-29)35-40-33(26-14-7-5-8-15-26)39-34(41-35)27-16-9-6-10-17-27/h5-24H,1-4H3. The van der Waals surface area contributed by atoms with Crippen molar-refractivity contribution in [2.24, 2.45) is 0 Å². The van der Waals surface area contributed by atoms with E-state index in [9.17, 15) is 0 Å². The first-order valence-electron chi connectivity index (χ1n) is 14.6. The quantitative estimate of drug-likeness (QED) is 0.200. The first kappa shape index (κ1) is 27.2. The molecule has 0 aliphatic carbocycles. The Labute approximate surface area is 252 Å². The van der Waals surface area contributed by atoms with Crippen LogP contribution in [0.3, 0.4) is 0 Å². The van der Waals surface area contributed by atoms with Crippen molar-refractivity contribution in [3.8, 4) is 45.3 Å². The molecule has 0 atom stereocenters. The van der Waals surface area contributed by atoms with Crippen LogP contribution in [0.25, 0.3) is 56.1 Å². The van der Waals surface area contributed by atoms with E-state index in [-0.39, 0.29) is 0 Å². The second-order valence-corrected chi connectivity index (χ2v) is 12.0. The summed E-state index contributed by atoms with van der Waals surface area (Å²) in [6.07, 6.45) is 0.